The van der Waals surface area contributed by atoms with Crippen molar-refractivity contribution in [1.82, 2.24) is 14.1 Å². The van der Waals surface area contributed by atoms with Crippen molar-refractivity contribution >= 4 is 33.0 Å². The Labute approximate surface area is 377 Å². The van der Waals surface area contributed by atoms with Crippen molar-refractivity contribution in [3.05, 3.63) is 203 Å². The van der Waals surface area contributed by atoms with Crippen LogP contribution in [0.2, 0.25) is 0 Å². The van der Waals surface area contributed by atoms with Crippen LogP contribution < -0.4 is 15.1 Å². The van der Waals surface area contributed by atoms with E-state index in [-0.39, 0.29) is 34.0 Å². The smallest absolute Gasteiger partial charge is 0.263 e. The van der Waals surface area contributed by atoms with Gasteiger partial charge in [-0.15, -0.1) is 0 Å². The Bertz CT molecular complexity index is 2930. The lowest BCUT2D eigenvalue weighted by molar-refractivity contribution is -0.120. The van der Waals surface area contributed by atoms with Crippen molar-refractivity contribution in [1.29, 1.82) is 0 Å². The van der Waals surface area contributed by atoms with E-state index in [0.29, 0.717) is 6.54 Å². The van der Waals surface area contributed by atoms with Crippen molar-refractivity contribution < 1.29 is 13.2 Å². The monoisotopic (exact) mass is 866 g/mol. The number of nitrogens with zero attached hydrogens (tertiary/aromatic N) is 5. The van der Waals surface area contributed by atoms with Gasteiger partial charge in [0.1, 0.15) is 5.41 Å². The molecule has 11 rings (SSSR count). The summed E-state index contributed by atoms with van der Waals surface area (Å²) < 4.78 is 29.6. The topological polar surface area (TPSA) is 79.4 Å². The summed E-state index contributed by atoms with van der Waals surface area (Å²) in [6, 6.07) is 51.4. The molecule has 0 bridgehead atoms. The summed E-state index contributed by atoms with van der Waals surface area (Å²) in [6.07, 6.45) is 5.37. The van der Waals surface area contributed by atoms with Gasteiger partial charge in [0, 0.05) is 60.8 Å². The number of likely N-dealkylation sites (N-methyl/N-ethyl adjacent to an activating group) is 2. The van der Waals surface area contributed by atoms with E-state index >= 15 is 4.79 Å². The van der Waals surface area contributed by atoms with E-state index in [4.69, 9.17) is 0 Å². The number of rotatable bonds is 10. The Kier molecular flexibility index (Phi) is 9.47. The number of hydrogen-bond acceptors (Lipinski definition) is 7. The summed E-state index contributed by atoms with van der Waals surface area (Å²) in [6.45, 7) is 4.97. The molecular formula is C54H54N6O3S. The van der Waals surface area contributed by atoms with E-state index in [1.54, 1.807) is 25.4 Å². The Morgan fingerprint density at radius 3 is 1.95 bits per heavy atom. The minimum Gasteiger partial charge on any atom is -0.368 e. The molecule has 10 heteroatoms. The number of nitrogens with one attached hydrogen (secondary N) is 1. The number of carbonyl (C=O) groups is 1. The third-order valence-electron chi connectivity index (χ3n) is 15.3. The maximum Gasteiger partial charge on any atom is 0.263 e. The molecule has 0 aromatic heterocycles. The maximum absolute atomic E-state index is 16.0. The van der Waals surface area contributed by atoms with Crippen molar-refractivity contribution in [3.63, 3.8) is 0 Å². The van der Waals surface area contributed by atoms with Gasteiger partial charge in [-0.25, -0.2) is 8.42 Å². The second kappa shape index (κ2) is 14.9. The van der Waals surface area contributed by atoms with E-state index < -0.39 is 15.4 Å². The zero-order valence-corrected chi connectivity index (χ0v) is 37.7. The number of sulfonamides is 1. The average Bonchev–Trinajstić information content (AvgIpc) is 4.08. The Morgan fingerprint density at radius 1 is 0.656 bits per heavy atom. The van der Waals surface area contributed by atoms with Gasteiger partial charge in [0.2, 0.25) is 5.91 Å². The minimum absolute atomic E-state index is 0.0693. The number of amides is 1. The summed E-state index contributed by atoms with van der Waals surface area (Å²) in [7, 11) is 2.13. The zero-order valence-electron chi connectivity index (χ0n) is 36.9. The van der Waals surface area contributed by atoms with Crippen LogP contribution >= 0.6 is 0 Å². The molecule has 5 heterocycles. The first kappa shape index (κ1) is 40.6. The first-order valence-corrected chi connectivity index (χ1v) is 23.9. The van der Waals surface area contributed by atoms with Crippen molar-refractivity contribution in [2.45, 2.75) is 66.3 Å². The van der Waals surface area contributed by atoms with Gasteiger partial charge in [-0.3, -0.25) is 18.9 Å². The van der Waals surface area contributed by atoms with Gasteiger partial charge in [-0.1, -0.05) is 133 Å². The summed E-state index contributed by atoms with van der Waals surface area (Å²) in [4.78, 5) is 25.7. The van der Waals surface area contributed by atoms with Gasteiger partial charge >= 0.3 is 0 Å². The van der Waals surface area contributed by atoms with Crippen LogP contribution in [0, 0.1) is 6.92 Å². The number of benzene rings is 6. The van der Waals surface area contributed by atoms with Crippen LogP contribution in [-0.4, -0.2) is 75.0 Å². The summed E-state index contributed by atoms with van der Waals surface area (Å²) in [5.74, 6) is -0.124. The molecule has 0 saturated carbocycles. The molecule has 0 radical (unpaired) electrons. The summed E-state index contributed by atoms with van der Waals surface area (Å²) in [5.41, 5.74) is 8.48. The summed E-state index contributed by atoms with van der Waals surface area (Å²) >= 11 is 0. The molecule has 0 aliphatic carbocycles. The number of hydrogen-bond donors (Lipinski definition) is 1. The fraction of sp³-hybridized carbons (Fsp3) is 0.278. The second-order valence-corrected chi connectivity index (χ2v) is 20.5. The first-order valence-electron chi connectivity index (χ1n) is 22.4. The molecule has 1 N–H and O–H groups in total. The molecule has 9 nitrogen and oxygen atoms in total. The molecule has 5 aliphatic heterocycles. The van der Waals surface area contributed by atoms with Gasteiger partial charge in [-0.05, 0) is 97.6 Å². The van der Waals surface area contributed by atoms with Crippen LogP contribution in [0.4, 0.5) is 17.1 Å². The van der Waals surface area contributed by atoms with Crippen molar-refractivity contribution in [3.8, 4) is 0 Å². The highest BCUT2D eigenvalue weighted by Gasteiger charge is 2.73. The van der Waals surface area contributed by atoms with E-state index in [1.807, 2.05) is 84.6 Å². The lowest BCUT2D eigenvalue weighted by Crippen LogP contribution is -2.61. The largest absolute Gasteiger partial charge is 0.368 e. The highest BCUT2D eigenvalue weighted by Crippen LogP contribution is 2.68. The van der Waals surface area contributed by atoms with Gasteiger partial charge in [0.05, 0.1) is 23.8 Å². The highest BCUT2D eigenvalue weighted by atomic mass is 32.2. The van der Waals surface area contributed by atoms with Gasteiger partial charge in [0.15, 0.2) is 0 Å². The maximum atomic E-state index is 16.0. The van der Waals surface area contributed by atoms with Gasteiger partial charge in [0.25, 0.3) is 10.0 Å². The normalized spacial score (nSPS) is 25.9. The van der Waals surface area contributed by atoms with Crippen LogP contribution in [-0.2, 0) is 44.2 Å². The Balaban J connectivity index is 1.12. The summed E-state index contributed by atoms with van der Waals surface area (Å²) in [5, 5.41) is 4.17. The predicted molar refractivity (Wildman–Crippen MR) is 255 cm³/mol. The number of aryl methyl sites for hydroxylation is 1. The third kappa shape index (κ3) is 5.61. The van der Waals surface area contributed by atoms with E-state index in [9.17, 15) is 8.42 Å². The number of likely N-dealkylation sites (tertiary alicyclic amines) is 2. The molecule has 324 valence electrons. The Morgan fingerprint density at radius 2 is 1.23 bits per heavy atom. The highest BCUT2D eigenvalue weighted by molar-refractivity contribution is 7.89. The van der Waals surface area contributed by atoms with Crippen LogP contribution in [0.5, 0.6) is 0 Å². The Hall–Kier alpha value is -6.20. The third-order valence-corrected chi connectivity index (χ3v) is 17.1. The fourth-order valence-electron chi connectivity index (χ4n) is 12.5. The molecule has 0 spiro atoms. The van der Waals surface area contributed by atoms with Crippen molar-refractivity contribution in [2.24, 2.45) is 0 Å². The fourth-order valence-corrected chi connectivity index (χ4v) is 13.5. The molecule has 0 unspecified atom stereocenters. The molecule has 64 heavy (non-hydrogen) atoms. The van der Waals surface area contributed by atoms with Crippen molar-refractivity contribution in [2.75, 3.05) is 49.3 Å². The molecule has 6 aromatic carbocycles. The lowest BCUT2D eigenvalue weighted by atomic mass is 9.54. The van der Waals surface area contributed by atoms with Crippen LogP contribution in [0.3, 0.4) is 0 Å². The first-order chi connectivity index (χ1) is 31.0. The SMILES string of the molecule is Cc1ccc(S(=O)(=O)N(C)/C=C/[C@]2(c3cccc4c3N[C@H]3N(C)CC[C@@]43[C@@]34CCN(C)[C@@H]3N(Cc3ccccc3)c3ccccc34)C(=O)N(Cc3ccccc3)c3ccccc32)cc1. The number of anilines is 3. The van der Waals surface area contributed by atoms with Crippen LogP contribution in [0.1, 0.15) is 51.8 Å². The minimum atomic E-state index is -3.95. The van der Waals surface area contributed by atoms with E-state index in [2.05, 4.69) is 107 Å². The van der Waals surface area contributed by atoms with E-state index in [1.165, 1.54) is 26.7 Å². The average molecular weight is 867 g/mol. The number of fused-ring (bicyclic) bond motifs is 8. The molecule has 5 aliphatic rings. The molecule has 6 aromatic rings. The number of para-hydroxylation sites is 3. The predicted octanol–water partition coefficient (Wildman–Crippen LogP) is 8.61. The van der Waals surface area contributed by atoms with Crippen LogP contribution in [0.25, 0.3) is 0 Å². The molecular weight excluding hydrogens is 813 g/mol. The second-order valence-electron chi connectivity index (χ2n) is 18.5. The zero-order chi connectivity index (χ0) is 44.0. The number of carbonyl (C=O) groups excluding carboxylic acids is 1. The van der Waals surface area contributed by atoms with E-state index in [0.717, 1.165) is 66.1 Å². The molecule has 2 fully saturated rings. The van der Waals surface area contributed by atoms with Gasteiger partial charge in [-0.2, -0.15) is 0 Å². The molecule has 5 atom stereocenters. The van der Waals surface area contributed by atoms with Crippen LogP contribution in [0.15, 0.2) is 169 Å². The van der Waals surface area contributed by atoms with Gasteiger partial charge < -0.3 is 15.1 Å². The standard InChI is InChI=1S/C54H54N6O3S/c1-38-26-28-41(29-27-38)64(62,63)58(4)35-30-52(42-20-11-13-24-46(42)60(51(52)61)37-40-18-9-6-10-19-40)44-22-15-23-45-48(44)55-49-53(45,31-33-56(49)2)54-32-34-57(3)50(54)59(36-39-16-7-5-8-17-39)47-25-14-12-21-43(47)54/h5-30,35,49-50,55H,31-34,36-37H2,1-4H3/b35-30+/t49-,50+,52-,53+,54+/m0/s1. The lowest BCUT2D eigenvalue weighted by Gasteiger charge is -2.49. The quantitative estimate of drug-likeness (QED) is 0.148. The molecule has 1 amide bonds. The molecule has 2 saturated heterocycles.